The third-order valence-electron chi connectivity index (χ3n) is 4.00. The molecule has 0 spiro atoms. The molecular formula is C20H21F3N2O4. The van der Waals surface area contributed by atoms with Crippen LogP contribution in [0.3, 0.4) is 0 Å². The molecule has 0 bridgehead atoms. The SMILES string of the molecule is CCN(CC(=O)Nc1ccccc1C(F)(F)F)C(=O)COc1ccccc1OC. The van der Waals surface area contributed by atoms with Gasteiger partial charge >= 0.3 is 6.18 Å². The molecule has 6 nitrogen and oxygen atoms in total. The van der Waals surface area contributed by atoms with Crippen molar-refractivity contribution in [3.8, 4) is 11.5 Å². The smallest absolute Gasteiger partial charge is 0.418 e. The number of nitrogens with one attached hydrogen (secondary N) is 1. The normalized spacial score (nSPS) is 10.9. The van der Waals surface area contributed by atoms with Crippen LogP contribution in [0.5, 0.6) is 11.5 Å². The summed E-state index contributed by atoms with van der Waals surface area (Å²) in [5.74, 6) is -0.417. The Balaban J connectivity index is 1.99. The molecule has 2 aromatic rings. The predicted molar refractivity (Wildman–Crippen MR) is 101 cm³/mol. The second-order valence-electron chi connectivity index (χ2n) is 5.94. The average Bonchev–Trinajstić information content (AvgIpc) is 2.70. The fourth-order valence-electron chi connectivity index (χ4n) is 2.55. The molecule has 0 unspecified atom stereocenters. The van der Waals surface area contributed by atoms with Gasteiger partial charge in [-0.1, -0.05) is 24.3 Å². The Bertz CT molecular complexity index is 856. The van der Waals surface area contributed by atoms with Crippen LogP contribution in [0.1, 0.15) is 12.5 Å². The summed E-state index contributed by atoms with van der Waals surface area (Å²) in [7, 11) is 1.46. The number of methoxy groups -OCH3 is 1. The maximum Gasteiger partial charge on any atom is 0.418 e. The quantitative estimate of drug-likeness (QED) is 0.722. The summed E-state index contributed by atoms with van der Waals surface area (Å²) in [5, 5.41) is 2.22. The van der Waals surface area contributed by atoms with Gasteiger partial charge < -0.3 is 19.7 Å². The Morgan fingerprint density at radius 3 is 2.28 bits per heavy atom. The Hall–Kier alpha value is -3.23. The molecule has 0 saturated carbocycles. The number of alkyl halides is 3. The van der Waals surface area contributed by atoms with Crippen molar-refractivity contribution in [2.24, 2.45) is 0 Å². The number of likely N-dealkylation sites (N-methyl/N-ethyl adjacent to an activating group) is 1. The first-order valence-electron chi connectivity index (χ1n) is 8.76. The molecule has 2 amide bonds. The van der Waals surface area contributed by atoms with Crippen LogP contribution in [0.25, 0.3) is 0 Å². The molecule has 156 valence electrons. The summed E-state index contributed by atoms with van der Waals surface area (Å²) in [6, 6.07) is 11.4. The molecule has 0 heterocycles. The Labute approximate surface area is 166 Å². The molecule has 2 rings (SSSR count). The number of nitrogens with zero attached hydrogens (tertiary/aromatic N) is 1. The zero-order valence-corrected chi connectivity index (χ0v) is 16.0. The number of anilines is 1. The molecule has 0 radical (unpaired) electrons. The van der Waals surface area contributed by atoms with Gasteiger partial charge in [0.15, 0.2) is 18.1 Å². The number of hydrogen-bond acceptors (Lipinski definition) is 4. The van der Waals surface area contributed by atoms with E-state index in [1.165, 1.54) is 24.1 Å². The van der Waals surface area contributed by atoms with Crippen LogP contribution in [-0.4, -0.2) is 43.5 Å². The van der Waals surface area contributed by atoms with Crippen LogP contribution in [0.4, 0.5) is 18.9 Å². The first-order valence-corrected chi connectivity index (χ1v) is 8.76. The second-order valence-corrected chi connectivity index (χ2v) is 5.94. The fourth-order valence-corrected chi connectivity index (χ4v) is 2.55. The van der Waals surface area contributed by atoms with E-state index in [0.29, 0.717) is 11.5 Å². The predicted octanol–water partition coefficient (Wildman–Crippen LogP) is 3.58. The number of halogens is 3. The van der Waals surface area contributed by atoms with E-state index in [1.54, 1.807) is 31.2 Å². The standard InChI is InChI=1S/C20H21F3N2O4/c1-3-25(19(27)13-29-17-11-7-6-10-16(17)28-2)12-18(26)24-15-9-5-4-8-14(15)20(21,22)23/h4-11H,3,12-13H2,1-2H3,(H,24,26). The summed E-state index contributed by atoms with van der Waals surface area (Å²) in [5.41, 5.74) is -1.32. The van der Waals surface area contributed by atoms with Gasteiger partial charge in [-0.2, -0.15) is 13.2 Å². The van der Waals surface area contributed by atoms with Gasteiger partial charge in [-0.15, -0.1) is 0 Å². The number of ether oxygens (including phenoxy) is 2. The third-order valence-corrected chi connectivity index (χ3v) is 4.00. The minimum absolute atomic E-state index is 0.183. The number of carbonyl (C=O) groups is 2. The lowest BCUT2D eigenvalue weighted by molar-refractivity contribution is -0.138. The Morgan fingerprint density at radius 1 is 1.03 bits per heavy atom. The Kier molecular flexibility index (Phi) is 7.46. The van der Waals surface area contributed by atoms with E-state index < -0.39 is 30.1 Å². The summed E-state index contributed by atoms with van der Waals surface area (Å²) >= 11 is 0. The van der Waals surface area contributed by atoms with E-state index in [0.717, 1.165) is 12.1 Å². The molecule has 0 aliphatic heterocycles. The number of carbonyl (C=O) groups excluding carboxylic acids is 2. The van der Waals surface area contributed by atoms with E-state index >= 15 is 0 Å². The Morgan fingerprint density at radius 2 is 1.66 bits per heavy atom. The first kappa shape index (κ1) is 22.1. The molecule has 29 heavy (non-hydrogen) atoms. The highest BCUT2D eigenvalue weighted by molar-refractivity contribution is 5.95. The van der Waals surface area contributed by atoms with Crippen molar-refractivity contribution in [1.82, 2.24) is 4.90 Å². The van der Waals surface area contributed by atoms with Crippen LogP contribution in [0, 0.1) is 0 Å². The van der Waals surface area contributed by atoms with Crippen LogP contribution >= 0.6 is 0 Å². The van der Waals surface area contributed by atoms with Crippen molar-refractivity contribution < 1.29 is 32.2 Å². The second kappa shape index (κ2) is 9.81. The number of para-hydroxylation sites is 3. The monoisotopic (exact) mass is 410 g/mol. The number of amides is 2. The van der Waals surface area contributed by atoms with Gasteiger partial charge in [-0.3, -0.25) is 9.59 Å². The molecule has 0 atom stereocenters. The molecular weight excluding hydrogens is 389 g/mol. The van der Waals surface area contributed by atoms with Crippen LogP contribution in [0.2, 0.25) is 0 Å². The van der Waals surface area contributed by atoms with Gasteiger partial charge in [0.2, 0.25) is 5.91 Å². The van der Waals surface area contributed by atoms with Crippen LogP contribution in [-0.2, 0) is 15.8 Å². The third kappa shape index (κ3) is 6.13. The molecule has 9 heteroatoms. The maximum atomic E-state index is 13.0. The molecule has 0 aliphatic carbocycles. The number of benzene rings is 2. The minimum Gasteiger partial charge on any atom is -0.493 e. The van der Waals surface area contributed by atoms with E-state index in [-0.39, 0.29) is 18.8 Å². The van der Waals surface area contributed by atoms with E-state index in [9.17, 15) is 22.8 Å². The molecule has 2 aromatic carbocycles. The lowest BCUT2D eigenvalue weighted by atomic mass is 10.1. The average molecular weight is 410 g/mol. The highest BCUT2D eigenvalue weighted by atomic mass is 19.4. The van der Waals surface area contributed by atoms with Crippen molar-refractivity contribution >= 4 is 17.5 Å². The molecule has 0 aromatic heterocycles. The van der Waals surface area contributed by atoms with Gasteiger partial charge in [-0.25, -0.2) is 0 Å². The van der Waals surface area contributed by atoms with Gasteiger partial charge in [-0.05, 0) is 31.2 Å². The highest BCUT2D eigenvalue weighted by Crippen LogP contribution is 2.34. The molecule has 0 fully saturated rings. The van der Waals surface area contributed by atoms with Crippen LogP contribution < -0.4 is 14.8 Å². The van der Waals surface area contributed by atoms with E-state index in [4.69, 9.17) is 9.47 Å². The van der Waals surface area contributed by atoms with Crippen molar-refractivity contribution in [3.05, 3.63) is 54.1 Å². The van der Waals surface area contributed by atoms with Gasteiger partial charge in [0.25, 0.3) is 5.91 Å². The lowest BCUT2D eigenvalue weighted by Gasteiger charge is -2.21. The fraction of sp³-hybridized carbons (Fsp3) is 0.300. The molecule has 0 saturated heterocycles. The van der Waals surface area contributed by atoms with Gasteiger partial charge in [0.05, 0.1) is 24.9 Å². The summed E-state index contributed by atoms with van der Waals surface area (Å²) in [6.07, 6.45) is -4.60. The zero-order valence-electron chi connectivity index (χ0n) is 16.0. The highest BCUT2D eigenvalue weighted by Gasteiger charge is 2.33. The molecule has 0 aliphatic rings. The van der Waals surface area contributed by atoms with Crippen LogP contribution in [0.15, 0.2) is 48.5 Å². The van der Waals surface area contributed by atoms with E-state index in [1.807, 2.05) is 0 Å². The molecule has 1 N–H and O–H groups in total. The van der Waals surface area contributed by atoms with Gasteiger partial charge in [0.1, 0.15) is 0 Å². The summed E-state index contributed by atoms with van der Waals surface area (Å²) in [6.45, 7) is 1.08. The van der Waals surface area contributed by atoms with Crippen molar-refractivity contribution in [1.29, 1.82) is 0 Å². The van der Waals surface area contributed by atoms with Crippen molar-refractivity contribution in [2.45, 2.75) is 13.1 Å². The first-order chi connectivity index (χ1) is 13.8. The van der Waals surface area contributed by atoms with Crippen molar-refractivity contribution in [3.63, 3.8) is 0 Å². The minimum atomic E-state index is -4.60. The van der Waals surface area contributed by atoms with Gasteiger partial charge in [0, 0.05) is 6.54 Å². The number of rotatable bonds is 8. The zero-order chi connectivity index (χ0) is 21.4. The summed E-state index contributed by atoms with van der Waals surface area (Å²) in [4.78, 5) is 25.7. The number of hydrogen-bond donors (Lipinski definition) is 1. The largest absolute Gasteiger partial charge is 0.493 e. The topological polar surface area (TPSA) is 67.9 Å². The lowest BCUT2D eigenvalue weighted by Crippen LogP contribution is -2.40. The summed E-state index contributed by atoms with van der Waals surface area (Å²) < 4.78 is 49.7. The van der Waals surface area contributed by atoms with Crippen molar-refractivity contribution in [2.75, 3.05) is 32.1 Å². The van der Waals surface area contributed by atoms with E-state index in [2.05, 4.69) is 5.32 Å². The maximum absolute atomic E-state index is 13.0.